The molecule has 1 amide bonds. The third kappa shape index (κ3) is 3.96. The van der Waals surface area contributed by atoms with Crippen LogP contribution in [0.15, 0.2) is 52.0 Å². The Bertz CT molecular complexity index is 898. The minimum absolute atomic E-state index is 0.0809. The third-order valence-corrected chi connectivity index (χ3v) is 6.86. The van der Waals surface area contributed by atoms with E-state index in [0.29, 0.717) is 5.76 Å². The van der Waals surface area contributed by atoms with E-state index in [9.17, 15) is 13.2 Å². The van der Waals surface area contributed by atoms with Crippen LogP contribution < -0.4 is 0 Å². The van der Waals surface area contributed by atoms with Crippen molar-refractivity contribution in [1.29, 1.82) is 0 Å². The zero-order valence-electron chi connectivity index (χ0n) is 13.6. The molecular formula is C17H16Cl2N2O4S. The van der Waals surface area contributed by atoms with Crippen LogP contribution in [-0.2, 0) is 14.8 Å². The molecule has 0 unspecified atom stereocenters. The molecule has 2 heterocycles. The first-order valence-corrected chi connectivity index (χ1v) is 10.0. The van der Waals surface area contributed by atoms with Crippen molar-refractivity contribution in [2.45, 2.75) is 4.90 Å². The number of carbonyl (C=O) groups excluding carboxylic acids is 1. The Morgan fingerprint density at radius 3 is 2.27 bits per heavy atom. The van der Waals surface area contributed by atoms with Crippen LogP contribution >= 0.6 is 23.2 Å². The van der Waals surface area contributed by atoms with Crippen LogP contribution in [0.25, 0.3) is 6.08 Å². The lowest BCUT2D eigenvalue weighted by Gasteiger charge is -2.33. The zero-order chi connectivity index (χ0) is 18.7. The van der Waals surface area contributed by atoms with E-state index in [1.165, 1.54) is 28.8 Å². The van der Waals surface area contributed by atoms with Gasteiger partial charge < -0.3 is 9.32 Å². The van der Waals surface area contributed by atoms with Crippen molar-refractivity contribution >= 4 is 45.2 Å². The number of sulfonamides is 1. The van der Waals surface area contributed by atoms with Gasteiger partial charge in [0.15, 0.2) is 0 Å². The maximum absolute atomic E-state index is 12.8. The molecule has 1 saturated heterocycles. The van der Waals surface area contributed by atoms with Gasteiger partial charge in [-0.3, -0.25) is 4.79 Å². The van der Waals surface area contributed by atoms with Gasteiger partial charge >= 0.3 is 0 Å². The number of hydrogen-bond acceptors (Lipinski definition) is 4. The number of piperazine rings is 1. The number of rotatable bonds is 4. The van der Waals surface area contributed by atoms with Crippen molar-refractivity contribution in [2.24, 2.45) is 0 Å². The molecule has 138 valence electrons. The largest absolute Gasteiger partial charge is 0.465 e. The second-order valence-electron chi connectivity index (χ2n) is 5.63. The van der Waals surface area contributed by atoms with Crippen molar-refractivity contribution in [3.05, 3.63) is 58.5 Å². The smallest absolute Gasteiger partial charge is 0.246 e. The fraction of sp³-hybridized carbons (Fsp3) is 0.235. The Balaban J connectivity index is 1.67. The SMILES string of the molecule is O=C(/C=C/c1ccco1)N1CCN(S(=O)(=O)c2c(Cl)cccc2Cl)CC1. The molecule has 2 aromatic rings. The van der Waals surface area contributed by atoms with Gasteiger partial charge in [-0.15, -0.1) is 0 Å². The zero-order valence-corrected chi connectivity index (χ0v) is 16.0. The molecule has 0 N–H and O–H groups in total. The number of furan rings is 1. The molecule has 26 heavy (non-hydrogen) atoms. The lowest BCUT2D eigenvalue weighted by molar-refractivity contribution is -0.127. The molecule has 0 bridgehead atoms. The van der Waals surface area contributed by atoms with Crippen molar-refractivity contribution in [3.8, 4) is 0 Å². The van der Waals surface area contributed by atoms with Crippen LogP contribution in [-0.4, -0.2) is 49.7 Å². The van der Waals surface area contributed by atoms with E-state index < -0.39 is 10.0 Å². The quantitative estimate of drug-likeness (QED) is 0.720. The third-order valence-electron chi connectivity index (χ3n) is 4.00. The van der Waals surface area contributed by atoms with Crippen LogP contribution in [0, 0.1) is 0 Å². The highest BCUT2D eigenvalue weighted by molar-refractivity contribution is 7.89. The van der Waals surface area contributed by atoms with Gasteiger partial charge in [0.2, 0.25) is 15.9 Å². The summed E-state index contributed by atoms with van der Waals surface area (Å²) < 4.78 is 32.1. The molecule has 1 aromatic carbocycles. The van der Waals surface area contributed by atoms with Crippen LogP contribution in [0.5, 0.6) is 0 Å². The highest BCUT2D eigenvalue weighted by Gasteiger charge is 2.32. The molecule has 0 spiro atoms. The second-order valence-corrected chi connectivity index (χ2v) is 8.32. The predicted octanol–water partition coefficient (Wildman–Crippen LogP) is 3.13. The van der Waals surface area contributed by atoms with Crippen LogP contribution in [0.4, 0.5) is 0 Å². The van der Waals surface area contributed by atoms with Gasteiger partial charge in [-0.25, -0.2) is 8.42 Å². The minimum Gasteiger partial charge on any atom is -0.465 e. The average Bonchev–Trinajstić information content (AvgIpc) is 3.13. The molecule has 9 heteroatoms. The van der Waals surface area contributed by atoms with Crippen LogP contribution in [0.3, 0.4) is 0 Å². The first kappa shape index (κ1) is 19.0. The first-order valence-electron chi connectivity index (χ1n) is 7.84. The van der Waals surface area contributed by atoms with Gasteiger partial charge in [0.1, 0.15) is 10.7 Å². The highest BCUT2D eigenvalue weighted by atomic mass is 35.5. The highest BCUT2D eigenvalue weighted by Crippen LogP contribution is 2.31. The summed E-state index contributed by atoms with van der Waals surface area (Å²) in [5.74, 6) is 0.377. The summed E-state index contributed by atoms with van der Waals surface area (Å²) in [4.78, 5) is 13.7. The second kappa shape index (κ2) is 7.84. The van der Waals surface area contributed by atoms with E-state index >= 15 is 0 Å². The van der Waals surface area contributed by atoms with Gasteiger partial charge in [-0.2, -0.15) is 4.31 Å². The fourth-order valence-corrected chi connectivity index (χ4v) is 5.17. The number of hydrogen-bond donors (Lipinski definition) is 0. The van der Waals surface area contributed by atoms with Gasteiger partial charge in [-0.05, 0) is 30.3 Å². The van der Waals surface area contributed by atoms with E-state index in [2.05, 4.69) is 0 Å². The van der Waals surface area contributed by atoms with E-state index in [1.807, 2.05) is 0 Å². The molecule has 1 aliphatic heterocycles. The Hall–Kier alpha value is -1.80. The van der Waals surface area contributed by atoms with Crippen molar-refractivity contribution in [3.63, 3.8) is 0 Å². The summed E-state index contributed by atoms with van der Waals surface area (Å²) in [6, 6.07) is 8.03. The van der Waals surface area contributed by atoms with Gasteiger partial charge in [0.25, 0.3) is 0 Å². The first-order chi connectivity index (χ1) is 12.4. The molecule has 3 rings (SSSR count). The lowest BCUT2D eigenvalue weighted by atomic mass is 10.3. The van der Waals surface area contributed by atoms with E-state index in [4.69, 9.17) is 27.6 Å². The number of benzene rings is 1. The summed E-state index contributed by atoms with van der Waals surface area (Å²) in [7, 11) is -3.82. The molecule has 0 radical (unpaired) electrons. The number of carbonyl (C=O) groups is 1. The van der Waals surface area contributed by atoms with Crippen molar-refractivity contribution in [1.82, 2.24) is 9.21 Å². The van der Waals surface area contributed by atoms with Crippen LogP contribution in [0.2, 0.25) is 10.0 Å². The summed E-state index contributed by atoms with van der Waals surface area (Å²) in [6.07, 6.45) is 4.51. The summed E-state index contributed by atoms with van der Waals surface area (Å²) in [6.45, 7) is 0.902. The maximum Gasteiger partial charge on any atom is 0.246 e. The predicted molar refractivity (Wildman–Crippen MR) is 99.5 cm³/mol. The standard InChI is InChI=1S/C17H16Cl2N2O4S/c18-14-4-1-5-15(19)17(14)26(23,24)21-10-8-20(9-11-21)16(22)7-6-13-3-2-12-25-13/h1-7,12H,8-11H2/b7-6+. The molecule has 6 nitrogen and oxygen atoms in total. The fourth-order valence-electron chi connectivity index (χ4n) is 2.65. The number of halogens is 2. The van der Waals surface area contributed by atoms with Gasteiger partial charge in [-0.1, -0.05) is 29.3 Å². The number of amides is 1. The van der Waals surface area contributed by atoms with E-state index in [1.54, 1.807) is 29.2 Å². The van der Waals surface area contributed by atoms with Crippen molar-refractivity contribution in [2.75, 3.05) is 26.2 Å². The Kier molecular flexibility index (Phi) is 5.72. The molecule has 0 aliphatic carbocycles. The van der Waals surface area contributed by atoms with E-state index in [-0.39, 0.29) is 47.0 Å². The Morgan fingerprint density at radius 2 is 1.69 bits per heavy atom. The topological polar surface area (TPSA) is 70.8 Å². The molecular weight excluding hydrogens is 399 g/mol. The van der Waals surface area contributed by atoms with Gasteiger partial charge in [0, 0.05) is 32.3 Å². The molecule has 1 aliphatic rings. The van der Waals surface area contributed by atoms with E-state index in [0.717, 1.165) is 0 Å². The average molecular weight is 415 g/mol. The molecule has 1 fully saturated rings. The summed E-state index contributed by atoms with van der Waals surface area (Å²) >= 11 is 12.1. The Labute approximate surface area is 161 Å². The molecule has 0 atom stereocenters. The van der Waals surface area contributed by atoms with Crippen LogP contribution in [0.1, 0.15) is 5.76 Å². The molecule has 0 saturated carbocycles. The molecule has 1 aromatic heterocycles. The maximum atomic E-state index is 12.8. The normalized spacial score (nSPS) is 16.3. The summed E-state index contributed by atoms with van der Waals surface area (Å²) in [5, 5.41) is 0.162. The Morgan fingerprint density at radius 1 is 1.04 bits per heavy atom. The monoisotopic (exact) mass is 414 g/mol. The minimum atomic E-state index is -3.82. The van der Waals surface area contributed by atoms with Crippen molar-refractivity contribution < 1.29 is 17.6 Å². The van der Waals surface area contributed by atoms with Gasteiger partial charge in [0.05, 0.1) is 16.3 Å². The number of nitrogens with zero attached hydrogens (tertiary/aromatic N) is 2. The lowest BCUT2D eigenvalue weighted by Crippen LogP contribution is -2.50. The summed E-state index contributed by atoms with van der Waals surface area (Å²) in [5.41, 5.74) is 0.